The Kier molecular flexibility index (Phi) is 7.41. The van der Waals surface area contributed by atoms with E-state index in [2.05, 4.69) is 10.6 Å². The van der Waals surface area contributed by atoms with Crippen LogP contribution in [0, 0.1) is 11.7 Å². The van der Waals surface area contributed by atoms with E-state index in [1.165, 1.54) is 12.1 Å². The van der Waals surface area contributed by atoms with E-state index in [0.717, 1.165) is 23.4 Å². The first-order valence-electron chi connectivity index (χ1n) is 9.79. The van der Waals surface area contributed by atoms with E-state index in [0.29, 0.717) is 26.1 Å². The average Bonchev–Trinajstić information content (AvgIpc) is 2.77. The highest BCUT2D eigenvalue weighted by Gasteiger charge is 2.33. The van der Waals surface area contributed by atoms with Crippen LogP contribution in [0.1, 0.15) is 17.5 Å². The van der Waals surface area contributed by atoms with Crippen LogP contribution in [0.5, 0.6) is 5.75 Å². The van der Waals surface area contributed by atoms with Crippen molar-refractivity contribution < 1.29 is 18.3 Å². The molecule has 2 atom stereocenters. The van der Waals surface area contributed by atoms with Crippen LogP contribution in [-0.2, 0) is 13.1 Å². The second kappa shape index (κ2) is 10.2. The molecule has 1 saturated heterocycles. The summed E-state index contributed by atoms with van der Waals surface area (Å²) >= 11 is 0. The summed E-state index contributed by atoms with van der Waals surface area (Å²) in [6.07, 6.45) is 0.672. The first kappa shape index (κ1) is 21.0. The maximum atomic E-state index is 13.6. The number of ether oxygens (including phenoxy) is 1. The van der Waals surface area contributed by atoms with Crippen LogP contribution >= 0.6 is 0 Å². The van der Waals surface area contributed by atoms with Gasteiger partial charge in [-0.2, -0.15) is 0 Å². The molecule has 29 heavy (non-hydrogen) atoms. The first-order valence-corrected chi connectivity index (χ1v) is 9.79. The molecule has 0 aromatic heterocycles. The maximum absolute atomic E-state index is 13.6. The van der Waals surface area contributed by atoms with E-state index in [1.807, 2.05) is 24.3 Å². The summed E-state index contributed by atoms with van der Waals surface area (Å²) in [5.41, 5.74) is 1.75. The molecular weight excluding hydrogens is 376 g/mol. The molecule has 0 bridgehead atoms. The zero-order valence-corrected chi connectivity index (χ0v) is 16.5. The van der Waals surface area contributed by atoms with Gasteiger partial charge in [-0.25, -0.2) is 9.18 Å². The van der Waals surface area contributed by atoms with Crippen LogP contribution in [0.25, 0.3) is 0 Å². The molecule has 2 aromatic rings. The lowest BCUT2D eigenvalue weighted by atomic mass is 9.92. The number of nitrogens with zero attached hydrogens (tertiary/aromatic N) is 1. The predicted octanol–water partition coefficient (Wildman–Crippen LogP) is 3.49. The molecule has 5 nitrogen and oxygen atoms in total. The lowest BCUT2D eigenvalue weighted by Crippen LogP contribution is -2.54. The number of methoxy groups -OCH3 is 1. The van der Waals surface area contributed by atoms with Crippen LogP contribution in [0.15, 0.2) is 48.5 Å². The third-order valence-corrected chi connectivity index (χ3v) is 5.30. The topological polar surface area (TPSA) is 53.6 Å². The molecule has 2 aromatic carbocycles. The molecule has 156 valence electrons. The van der Waals surface area contributed by atoms with E-state index in [-0.39, 0.29) is 23.8 Å². The van der Waals surface area contributed by atoms with Crippen molar-refractivity contribution in [2.75, 3.05) is 26.9 Å². The first-order chi connectivity index (χ1) is 14.1. The van der Waals surface area contributed by atoms with Crippen LogP contribution in [0.2, 0.25) is 0 Å². The van der Waals surface area contributed by atoms with Gasteiger partial charge in [0, 0.05) is 31.6 Å². The number of carbonyl (C=O) groups is 1. The van der Waals surface area contributed by atoms with Crippen molar-refractivity contribution in [1.29, 1.82) is 0 Å². The number of nitrogens with one attached hydrogen (secondary N) is 2. The standard InChI is InChI=1S/C22H27F2N3O2/c1-29-20-8-4-16(5-9-20)13-26-22(28)27(15-17-2-6-19(24)7-3-17)21-10-11-25-14-18(21)12-23/h2-9,18,21,25H,10-15H2,1H3,(H,26,28)/t18-,21+/m1/s1. The van der Waals surface area contributed by atoms with Gasteiger partial charge in [-0.1, -0.05) is 24.3 Å². The predicted molar refractivity (Wildman–Crippen MR) is 108 cm³/mol. The van der Waals surface area contributed by atoms with Crippen LogP contribution in [-0.4, -0.2) is 43.8 Å². The van der Waals surface area contributed by atoms with Crippen LogP contribution < -0.4 is 15.4 Å². The highest BCUT2D eigenvalue weighted by Crippen LogP contribution is 2.22. The summed E-state index contributed by atoms with van der Waals surface area (Å²) in [6.45, 7) is 1.42. The fourth-order valence-corrected chi connectivity index (χ4v) is 3.63. The number of carbonyl (C=O) groups excluding carboxylic acids is 1. The van der Waals surface area contributed by atoms with E-state index >= 15 is 0 Å². The Bertz CT molecular complexity index is 784. The average molecular weight is 403 g/mol. The molecular formula is C22H27F2N3O2. The van der Waals surface area contributed by atoms with Crippen LogP contribution in [0.4, 0.5) is 13.6 Å². The summed E-state index contributed by atoms with van der Waals surface area (Å²) in [5, 5.41) is 6.13. The van der Waals surface area contributed by atoms with Gasteiger partial charge in [-0.05, 0) is 48.4 Å². The molecule has 1 heterocycles. The Hall–Kier alpha value is -2.67. The lowest BCUT2D eigenvalue weighted by Gasteiger charge is -2.39. The van der Waals surface area contributed by atoms with Gasteiger partial charge in [0.05, 0.1) is 13.8 Å². The van der Waals surface area contributed by atoms with Crippen molar-refractivity contribution in [2.24, 2.45) is 5.92 Å². The summed E-state index contributed by atoms with van der Waals surface area (Å²) in [5.74, 6) is 0.155. The number of amides is 2. The van der Waals surface area contributed by atoms with Crippen molar-refractivity contribution in [1.82, 2.24) is 15.5 Å². The third-order valence-electron chi connectivity index (χ3n) is 5.30. The summed E-state index contributed by atoms with van der Waals surface area (Å²) < 4.78 is 32.0. The Morgan fingerprint density at radius 1 is 1.17 bits per heavy atom. The smallest absolute Gasteiger partial charge is 0.318 e. The minimum atomic E-state index is -0.497. The number of rotatable bonds is 7. The number of halogens is 2. The molecule has 1 aliphatic rings. The summed E-state index contributed by atoms with van der Waals surface area (Å²) in [4.78, 5) is 14.7. The third kappa shape index (κ3) is 5.67. The monoisotopic (exact) mass is 403 g/mol. The second-order valence-electron chi connectivity index (χ2n) is 7.24. The summed E-state index contributed by atoms with van der Waals surface area (Å²) in [7, 11) is 1.60. The Balaban J connectivity index is 1.73. The van der Waals surface area contributed by atoms with E-state index in [1.54, 1.807) is 24.1 Å². The molecule has 2 N–H and O–H groups in total. The second-order valence-corrected chi connectivity index (χ2v) is 7.24. The number of piperidine rings is 1. The summed E-state index contributed by atoms with van der Waals surface area (Å²) in [6, 6.07) is 13.0. The minimum Gasteiger partial charge on any atom is -0.497 e. The number of benzene rings is 2. The fraction of sp³-hybridized carbons (Fsp3) is 0.409. The number of hydrogen-bond acceptors (Lipinski definition) is 3. The normalized spacial score (nSPS) is 18.9. The van der Waals surface area contributed by atoms with Crippen molar-refractivity contribution in [3.8, 4) is 5.75 Å². The highest BCUT2D eigenvalue weighted by molar-refractivity contribution is 5.74. The Morgan fingerprint density at radius 2 is 1.86 bits per heavy atom. The molecule has 0 unspecified atom stereocenters. The molecule has 3 rings (SSSR count). The molecule has 0 spiro atoms. The van der Waals surface area contributed by atoms with Gasteiger partial charge in [-0.15, -0.1) is 0 Å². The Morgan fingerprint density at radius 3 is 2.52 bits per heavy atom. The van der Waals surface area contributed by atoms with E-state index in [4.69, 9.17) is 4.74 Å². The molecule has 0 radical (unpaired) electrons. The van der Waals surface area contributed by atoms with Gasteiger partial charge >= 0.3 is 6.03 Å². The zero-order valence-electron chi connectivity index (χ0n) is 16.5. The van der Waals surface area contributed by atoms with E-state index < -0.39 is 6.67 Å². The SMILES string of the molecule is COc1ccc(CNC(=O)N(Cc2ccc(F)cc2)[C@H]2CCNC[C@H]2CF)cc1. The lowest BCUT2D eigenvalue weighted by molar-refractivity contribution is 0.108. The van der Waals surface area contributed by atoms with Gasteiger partial charge in [0.25, 0.3) is 0 Å². The molecule has 0 aliphatic carbocycles. The number of urea groups is 1. The minimum absolute atomic E-state index is 0.220. The number of hydrogen-bond donors (Lipinski definition) is 2. The van der Waals surface area contributed by atoms with Crippen LogP contribution in [0.3, 0.4) is 0 Å². The van der Waals surface area contributed by atoms with Crippen molar-refractivity contribution in [2.45, 2.75) is 25.6 Å². The zero-order chi connectivity index (χ0) is 20.6. The van der Waals surface area contributed by atoms with Gasteiger partial charge in [-0.3, -0.25) is 4.39 Å². The molecule has 2 amide bonds. The molecule has 0 saturated carbocycles. The molecule has 1 fully saturated rings. The van der Waals surface area contributed by atoms with Gasteiger partial charge in [0.2, 0.25) is 0 Å². The molecule has 7 heteroatoms. The van der Waals surface area contributed by atoms with Gasteiger partial charge in [0.15, 0.2) is 0 Å². The molecule has 1 aliphatic heterocycles. The fourth-order valence-electron chi connectivity index (χ4n) is 3.63. The van der Waals surface area contributed by atoms with Crippen molar-refractivity contribution >= 4 is 6.03 Å². The quantitative estimate of drug-likeness (QED) is 0.744. The van der Waals surface area contributed by atoms with Crippen molar-refractivity contribution in [3.05, 3.63) is 65.5 Å². The maximum Gasteiger partial charge on any atom is 0.318 e. The number of alkyl halides is 1. The van der Waals surface area contributed by atoms with E-state index in [9.17, 15) is 13.6 Å². The highest BCUT2D eigenvalue weighted by atomic mass is 19.1. The largest absolute Gasteiger partial charge is 0.497 e. The van der Waals surface area contributed by atoms with Crippen molar-refractivity contribution in [3.63, 3.8) is 0 Å². The van der Waals surface area contributed by atoms with Gasteiger partial charge in [0.1, 0.15) is 11.6 Å². The van der Waals surface area contributed by atoms with Gasteiger partial charge < -0.3 is 20.3 Å². The Labute approximate surface area is 170 Å².